The fourth-order valence-electron chi connectivity index (χ4n) is 5.74. The zero-order valence-electron chi connectivity index (χ0n) is 13.9. The van der Waals surface area contributed by atoms with E-state index < -0.39 is 6.10 Å². The van der Waals surface area contributed by atoms with Crippen LogP contribution in [0.4, 0.5) is 4.39 Å². The molecule has 1 unspecified atom stereocenters. The Bertz CT molecular complexity index is 758. The van der Waals surface area contributed by atoms with Crippen LogP contribution < -0.4 is 9.47 Å². The minimum Gasteiger partial charge on any atom is -0.493 e. The second-order valence-corrected chi connectivity index (χ2v) is 7.41. The molecule has 126 valence electrons. The SMILES string of the molecule is C=CCN1CC[C@]23c4c5ccc(OC)c4OC2C(F)=CC[C@H]3[C@H]1C5. The van der Waals surface area contributed by atoms with Gasteiger partial charge in [-0.15, -0.1) is 6.58 Å². The van der Waals surface area contributed by atoms with E-state index in [1.807, 2.05) is 12.1 Å². The number of hydrogen-bond acceptors (Lipinski definition) is 3. The Morgan fingerprint density at radius 1 is 1.50 bits per heavy atom. The van der Waals surface area contributed by atoms with Crippen LogP contribution in [0.3, 0.4) is 0 Å². The lowest BCUT2D eigenvalue weighted by atomic mass is 9.53. The Morgan fingerprint density at radius 2 is 2.38 bits per heavy atom. The predicted octanol–water partition coefficient (Wildman–Crippen LogP) is 3.38. The van der Waals surface area contributed by atoms with Crippen LogP contribution in [0.2, 0.25) is 0 Å². The summed E-state index contributed by atoms with van der Waals surface area (Å²) in [5, 5.41) is 0. The number of benzene rings is 1. The van der Waals surface area contributed by atoms with E-state index in [9.17, 15) is 4.39 Å². The molecule has 2 heterocycles. The van der Waals surface area contributed by atoms with Gasteiger partial charge in [0.05, 0.1) is 7.11 Å². The fraction of sp³-hybridized carbons (Fsp3) is 0.500. The van der Waals surface area contributed by atoms with Gasteiger partial charge < -0.3 is 9.47 Å². The van der Waals surface area contributed by atoms with Crippen molar-refractivity contribution in [1.29, 1.82) is 0 Å². The quantitative estimate of drug-likeness (QED) is 0.795. The molecule has 3 nitrogen and oxygen atoms in total. The molecule has 2 aliphatic carbocycles. The van der Waals surface area contributed by atoms with E-state index >= 15 is 0 Å². The Labute approximate surface area is 141 Å². The number of halogens is 1. The molecule has 4 heteroatoms. The number of rotatable bonds is 3. The number of hydrogen-bond donors (Lipinski definition) is 0. The summed E-state index contributed by atoms with van der Waals surface area (Å²) >= 11 is 0. The van der Waals surface area contributed by atoms with Crippen LogP contribution in [0.25, 0.3) is 0 Å². The molecule has 0 amide bonds. The summed E-state index contributed by atoms with van der Waals surface area (Å²) in [6.45, 7) is 5.78. The number of allylic oxidation sites excluding steroid dienone is 1. The van der Waals surface area contributed by atoms with Crippen LogP contribution >= 0.6 is 0 Å². The van der Waals surface area contributed by atoms with Gasteiger partial charge in [0.25, 0.3) is 0 Å². The third kappa shape index (κ3) is 1.55. The Hall–Kier alpha value is -1.81. The highest BCUT2D eigenvalue weighted by atomic mass is 19.1. The molecule has 1 spiro atoms. The minimum atomic E-state index is -0.477. The van der Waals surface area contributed by atoms with E-state index in [2.05, 4.69) is 17.5 Å². The maximum absolute atomic E-state index is 14.8. The average molecular weight is 327 g/mol. The molecule has 2 aliphatic heterocycles. The topological polar surface area (TPSA) is 21.7 Å². The highest BCUT2D eigenvalue weighted by molar-refractivity contribution is 5.62. The van der Waals surface area contributed by atoms with Gasteiger partial charge in [0.1, 0.15) is 5.83 Å². The Morgan fingerprint density at radius 3 is 3.17 bits per heavy atom. The number of piperidine rings is 1. The van der Waals surface area contributed by atoms with E-state index in [1.165, 1.54) is 11.1 Å². The molecule has 24 heavy (non-hydrogen) atoms. The van der Waals surface area contributed by atoms with Crippen molar-refractivity contribution in [1.82, 2.24) is 4.90 Å². The fourth-order valence-corrected chi connectivity index (χ4v) is 5.74. The van der Waals surface area contributed by atoms with E-state index in [-0.39, 0.29) is 11.2 Å². The number of nitrogens with zero attached hydrogens (tertiary/aromatic N) is 1. The molecule has 4 aliphatic rings. The van der Waals surface area contributed by atoms with Crippen LogP contribution in [0.15, 0.2) is 36.7 Å². The van der Waals surface area contributed by atoms with E-state index in [0.717, 1.165) is 43.9 Å². The normalized spacial score (nSPS) is 35.8. The second kappa shape index (κ2) is 4.85. The van der Waals surface area contributed by atoms with Crippen molar-refractivity contribution in [3.05, 3.63) is 47.8 Å². The summed E-state index contributed by atoms with van der Waals surface area (Å²) in [5.41, 5.74) is 2.31. The molecular formula is C20H22FNO2. The van der Waals surface area contributed by atoms with Crippen molar-refractivity contribution in [2.75, 3.05) is 20.2 Å². The van der Waals surface area contributed by atoms with Crippen LogP contribution in [-0.4, -0.2) is 37.2 Å². The number of methoxy groups -OCH3 is 1. The Balaban J connectivity index is 1.75. The summed E-state index contributed by atoms with van der Waals surface area (Å²) in [6, 6.07) is 4.55. The molecule has 1 saturated heterocycles. The van der Waals surface area contributed by atoms with Gasteiger partial charge in [-0.25, -0.2) is 4.39 Å². The molecule has 1 aromatic rings. The predicted molar refractivity (Wildman–Crippen MR) is 90.3 cm³/mol. The van der Waals surface area contributed by atoms with E-state index in [1.54, 1.807) is 13.2 Å². The van der Waals surface area contributed by atoms with Gasteiger partial charge in [-0.1, -0.05) is 12.1 Å². The summed E-state index contributed by atoms with van der Waals surface area (Å²) in [5.74, 6) is 1.81. The first-order valence-electron chi connectivity index (χ1n) is 8.78. The van der Waals surface area contributed by atoms with Crippen LogP contribution in [0, 0.1) is 5.92 Å². The van der Waals surface area contributed by atoms with Crippen molar-refractivity contribution in [3.8, 4) is 11.5 Å². The first-order valence-corrected chi connectivity index (χ1v) is 8.78. The molecule has 1 aromatic carbocycles. The highest BCUT2D eigenvalue weighted by Crippen LogP contribution is 2.63. The molecule has 1 fully saturated rings. The maximum Gasteiger partial charge on any atom is 0.166 e. The van der Waals surface area contributed by atoms with Gasteiger partial charge in [-0.3, -0.25) is 4.90 Å². The zero-order chi connectivity index (χ0) is 16.5. The average Bonchev–Trinajstić information content (AvgIpc) is 2.94. The third-order valence-electron chi connectivity index (χ3n) is 6.61. The summed E-state index contributed by atoms with van der Waals surface area (Å²) in [7, 11) is 1.66. The lowest BCUT2D eigenvalue weighted by Crippen LogP contribution is -2.63. The van der Waals surface area contributed by atoms with Crippen LogP contribution in [0.5, 0.6) is 11.5 Å². The van der Waals surface area contributed by atoms with Crippen molar-refractivity contribution in [3.63, 3.8) is 0 Å². The maximum atomic E-state index is 14.8. The van der Waals surface area contributed by atoms with Crippen molar-refractivity contribution in [2.45, 2.75) is 36.8 Å². The summed E-state index contributed by atoms with van der Waals surface area (Å²) < 4.78 is 26.5. The minimum absolute atomic E-state index is 0.103. The van der Waals surface area contributed by atoms with Crippen molar-refractivity contribution >= 4 is 0 Å². The lowest BCUT2D eigenvalue weighted by Gasteiger charge is -2.57. The second-order valence-electron chi connectivity index (χ2n) is 7.41. The number of likely N-dealkylation sites (tertiary alicyclic amines) is 1. The van der Waals surface area contributed by atoms with Gasteiger partial charge in [0, 0.05) is 23.6 Å². The van der Waals surface area contributed by atoms with Gasteiger partial charge in [0.2, 0.25) is 0 Å². The molecular weight excluding hydrogens is 305 g/mol. The Kier molecular flexibility index (Phi) is 2.94. The first kappa shape index (κ1) is 14.5. The molecule has 2 bridgehead atoms. The molecule has 0 radical (unpaired) electrons. The van der Waals surface area contributed by atoms with Gasteiger partial charge in [0.15, 0.2) is 17.6 Å². The van der Waals surface area contributed by atoms with E-state index in [4.69, 9.17) is 9.47 Å². The molecule has 5 rings (SSSR count). The molecule has 4 atom stereocenters. The van der Waals surface area contributed by atoms with Crippen LogP contribution in [0.1, 0.15) is 24.0 Å². The van der Waals surface area contributed by atoms with Crippen molar-refractivity contribution in [2.24, 2.45) is 5.92 Å². The van der Waals surface area contributed by atoms with Gasteiger partial charge in [-0.05, 0) is 49.4 Å². The number of ether oxygens (including phenoxy) is 2. The van der Waals surface area contributed by atoms with Crippen LogP contribution in [-0.2, 0) is 11.8 Å². The third-order valence-corrected chi connectivity index (χ3v) is 6.61. The monoisotopic (exact) mass is 327 g/mol. The molecule has 0 aromatic heterocycles. The highest BCUT2D eigenvalue weighted by Gasteiger charge is 2.64. The lowest BCUT2D eigenvalue weighted by molar-refractivity contribution is -0.0220. The molecule has 0 N–H and O–H groups in total. The summed E-state index contributed by atoms with van der Waals surface area (Å²) in [6.07, 6.45) is 5.98. The van der Waals surface area contributed by atoms with Crippen molar-refractivity contribution < 1.29 is 13.9 Å². The zero-order valence-corrected chi connectivity index (χ0v) is 13.9. The van der Waals surface area contributed by atoms with E-state index in [0.29, 0.717) is 12.0 Å². The largest absolute Gasteiger partial charge is 0.493 e. The van der Waals surface area contributed by atoms with Gasteiger partial charge in [-0.2, -0.15) is 0 Å². The summed E-state index contributed by atoms with van der Waals surface area (Å²) in [4.78, 5) is 2.52. The first-order chi connectivity index (χ1) is 11.7. The standard InChI is InChI=1S/C20H22FNO2/c1-3-9-22-10-8-20-13-5-6-14(21)19(20)24-18-16(23-2)7-4-12(17(18)20)11-15(13)22/h3-4,6-7,13,15,19H,1,5,8-11H2,2H3/t13-,15+,19?,20-/m0/s1. The molecule has 0 saturated carbocycles. The smallest absolute Gasteiger partial charge is 0.166 e. The van der Waals surface area contributed by atoms with Gasteiger partial charge >= 0.3 is 0 Å².